The topological polar surface area (TPSA) is 87.2 Å². The molecule has 0 spiro atoms. The predicted octanol–water partition coefficient (Wildman–Crippen LogP) is 2.26. The van der Waals surface area contributed by atoms with Crippen LogP contribution in [-0.4, -0.2) is 47.8 Å². The number of hydrogen-bond acceptors (Lipinski definition) is 7. The summed E-state index contributed by atoms with van der Waals surface area (Å²) in [6, 6.07) is 0.779. The minimum absolute atomic E-state index is 0.00510. The molecule has 11 heteroatoms. The summed E-state index contributed by atoms with van der Waals surface area (Å²) in [5, 5.41) is 4.60. The van der Waals surface area contributed by atoms with E-state index in [0.717, 1.165) is 25.5 Å². The highest BCUT2D eigenvalue weighted by atomic mass is 32.2. The first kappa shape index (κ1) is 19.6. The molecule has 3 heterocycles. The number of amides is 2. The number of alkyl halides is 3. The number of rotatable bonds is 4. The highest BCUT2D eigenvalue weighted by Gasteiger charge is 2.35. The van der Waals surface area contributed by atoms with Crippen molar-refractivity contribution >= 4 is 34.9 Å². The summed E-state index contributed by atoms with van der Waals surface area (Å²) in [5.41, 5.74) is -1.14. The molecular formula is C16H18F3N5O2S. The van der Waals surface area contributed by atoms with E-state index in [4.69, 9.17) is 0 Å². The third-order valence-corrected chi connectivity index (χ3v) is 5.15. The zero-order valence-electron chi connectivity index (χ0n) is 14.5. The van der Waals surface area contributed by atoms with Gasteiger partial charge in [0.25, 0.3) is 11.1 Å². The van der Waals surface area contributed by atoms with Crippen molar-refractivity contribution in [2.24, 2.45) is 5.92 Å². The number of carbonyl (C=O) groups excluding carboxylic acids is 2. The van der Waals surface area contributed by atoms with E-state index in [-0.39, 0.29) is 16.5 Å². The van der Waals surface area contributed by atoms with Gasteiger partial charge < -0.3 is 10.2 Å². The fourth-order valence-corrected chi connectivity index (χ4v) is 3.66. The van der Waals surface area contributed by atoms with Gasteiger partial charge in [-0.3, -0.25) is 14.9 Å². The van der Waals surface area contributed by atoms with Gasteiger partial charge in [0.15, 0.2) is 5.69 Å². The molecule has 0 atom stereocenters. The second kappa shape index (κ2) is 7.85. The number of carbonyl (C=O) groups is 2. The van der Waals surface area contributed by atoms with Crippen LogP contribution in [0.5, 0.6) is 0 Å². The number of imide groups is 1. The SMILES string of the molecule is CNCC1CCN(c2nc(/C=C3\SC(=O)NC3=O)cc(C(F)(F)F)n2)CC1. The van der Waals surface area contributed by atoms with Crippen LogP contribution in [0.15, 0.2) is 11.0 Å². The number of hydrogen-bond donors (Lipinski definition) is 2. The summed E-state index contributed by atoms with van der Waals surface area (Å²) in [5.74, 6) is -0.204. The summed E-state index contributed by atoms with van der Waals surface area (Å²) in [6.07, 6.45) is -1.82. The van der Waals surface area contributed by atoms with E-state index < -0.39 is 23.0 Å². The second-order valence-electron chi connectivity index (χ2n) is 6.32. The number of piperidine rings is 1. The number of thioether (sulfide) groups is 1. The van der Waals surface area contributed by atoms with Crippen LogP contribution >= 0.6 is 11.8 Å². The Bertz CT molecular complexity index is 776. The number of anilines is 1. The highest BCUT2D eigenvalue weighted by Crippen LogP contribution is 2.32. The summed E-state index contributed by atoms with van der Waals surface area (Å²) < 4.78 is 39.8. The molecular weight excluding hydrogens is 383 g/mol. The van der Waals surface area contributed by atoms with Crippen LogP contribution in [-0.2, 0) is 11.0 Å². The summed E-state index contributed by atoms with van der Waals surface area (Å²) in [6.45, 7) is 1.96. The third-order valence-electron chi connectivity index (χ3n) is 4.34. The van der Waals surface area contributed by atoms with Gasteiger partial charge >= 0.3 is 6.18 Å². The van der Waals surface area contributed by atoms with Crippen molar-refractivity contribution in [2.45, 2.75) is 19.0 Å². The van der Waals surface area contributed by atoms with Gasteiger partial charge in [-0.15, -0.1) is 0 Å². The summed E-state index contributed by atoms with van der Waals surface area (Å²) >= 11 is 0.628. The molecule has 146 valence electrons. The minimum atomic E-state index is -4.64. The molecule has 0 saturated carbocycles. The standard InChI is InChI=1S/C16H18F3N5O2S/c1-20-8-9-2-4-24(5-3-9)14-21-10(7-12(22-14)16(17,18)19)6-11-13(25)23-15(26)27-11/h6-7,9,20H,2-5,8H2,1H3,(H,23,25,26)/b11-6-. The molecule has 0 aromatic carbocycles. The molecule has 2 aliphatic rings. The molecule has 2 aliphatic heterocycles. The third kappa shape index (κ3) is 4.78. The quantitative estimate of drug-likeness (QED) is 0.749. The maximum absolute atomic E-state index is 13.3. The zero-order chi connectivity index (χ0) is 19.6. The molecule has 2 amide bonds. The van der Waals surface area contributed by atoms with Crippen LogP contribution in [0.3, 0.4) is 0 Å². The lowest BCUT2D eigenvalue weighted by molar-refractivity contribution is -0.141. The monoisotopic (exact) mass is 401 g/mol. The van der Waals surface area contributed by atoms with Crippen LogP contribution in [0.1, 0.15) is 24.2 Å². The van der Waals surface area contributed by atoms with Crippen LogP contribution in [0.25, 0.3) is 6.08 Å². The molecule has 0 unspecified atom stereocenters. The lowest BCUT2D eigenvalue weighted by Gasteiger charge is -2.32. The van der Waals surface area contributed by atoms with E-state index in [1.54, 1.807) is 4.90 Å². The van der Waals surface area contributed by atoms with E-state index in [2.05, 4.69) is 20.6 Å². The van der Waals surface area contributed by atoms with Gasteiger partial charge in [-0.05, 0) is 56.3 Å². The Morgan fingerprint density at radius 3 is 2.59 bits per heavy atom. The van der Waals surface area contributed by atoms with E-state index in [1.165, 1.54) is 6.08 Å². The van der Waals surface area contributed by atoms with Crippen molar-refractivity contribution in [3.63, 3.8) is 0 Å². The van der Waals surface area contributed by atoms with Crippen molar-refractivity contribution in [3.8, 4) is 0 Å². The minimum Gasteiger partial charge on any atom is -0.341 e. The first-order valence-electron chi connectivity index (χ1n) is 8.37. The molecule has 2 N–H and O–H groups in total. The lowest BCUT2D eigenvalue weighted by atomic mass is 9.97. The van der Waals surface area contributed by atoms with Gasteiger partial charge in [0.2, 0.25) is 5.95 Å². The van der Waals surface area contributed by atoms with Crippen LogP contribution < -0.4 is 15.5 Å². The molecule has 0 radical (unpaired) electrons. The Morgan fingerprint density at radius 1 is 1.33 bits per heavy atom. The lowest BCUT2D eigenvalue weighted by Crippen LogP contribution is -2.38. The predicted molar refractivity (Wildman–Crippen MR) is 95.0 cm³/mol. The Balaban J connectivity index is 1.89. The van der Waals surface area contributed by atoms with Crippen molar-refractivity contribution in [1.29, 1.82) is 0 Å². The van der Waals surface area contributed by atoms with Crippen molar-refractivity contribution in [2.75, 3.05) is 31.6 Å². The fourth-order valence-electron chi connectivity index (χ4n) is 2.99. The maximum atomic E-state index is 13.3. The summed E-state index contributed by atoms with van der Waals surface area (Å²) in [7, 11) is 1.87. The normalized spacial score (nSPS) is 20.4. The highest BCUT2D eigenvalue weighted by molar-refractivity contribution is 8.18. The van der Waals surface area contributed by atoms with Gasteiger partial charge in [0, 0.05) is 13.1 Å². The smallest absolute Gasteiger partial charge is 0.341 e. The van der Waals surface area contributed by atoms with Crippen LogP contribution in [0, 0.1) is 5.92 Å². The molecule has 1 aromatic rings. The molecule has 3 rings (SSSR count). The largest absolute Gasteiger partial charge is 0.433 e. The van der Waals surface area contributed by atoms with Crippen LogP contribution in [0.4, 0.5) is 23.9 Å². The maximum Gasteiger partial charge on any atom is 0.433 e. The van der Waals surface area contributed by atoms with Crippen LogP contribution in [0.2, 0.25) is 0 Å². The van der Waals surface area contributed by atoms with E-state index in [9.17, 15) is 22.8 Å². The number of nitrogens with zero attached hydrogens (tertiary/aromatic N) is 3. The van der Waals surface area contributed by atoms with Crippen molar-refractivity contribution in [3.05, 3.63) is 22.4 Å². The molecule has 1 aromatic heterocycles. The van der Waals surface area contributed by atoms with E-state index >= 15 is 0 Å². The molecule has 7 nitrogen and oxygen atoms in total. The fraction of sp³-hybridized carbons (Fsp3) is 0.500. The molecule has 2 saturated heterocycles. The molecule has 0 bridgehead atoms. The molecule has 0 aliphatic carbocycles. The number of nitrogens with one attached hydrogen (secondary N) is 2. The average molecular weight is 401 g/mol. The summed E-state index contributed by atoms with van der Waals surface area (Å²) in [4.78, 5) is 32.5. The first-order valence-corrected chi connectivity index (χ1v) is 9.18. The zero-order valence-corrected chi connectivity index (χ0v) is 15.3. The van der Waals surface area contributed by atoms with Gasteiger partial charge in [-0.2, -0.15) is 13.2 Å². The second-order valence-corrected chi connectivity index (χ2v) is 7.33. The van der Waals surface area contributed by atoms with Gasteiger partial charge in [0.05, 0.1) is 10.6 Å². The van der Waals surface area contributed by atoms with E-state index in [1.807, 2.05) is 7.05 Å². The Hall–Kier alpha value is -2.14. The first-order chi connectivity index (χ1) is 12.8. The van der Waals surface area contributed by atoms with Crippen molar-refractivity contribution < 1.29 is 22.8 Å². The Labute approximate surface area is 157 Å². The average Bonchev–Trinajstić information content (AvgIpc) is 2.92. The van der Waals surface area contributed by atoms with Gasteiger partial charge in [-0.1, -0.05) is 0 Å². The van der Waals surface area contributed by atoms with Gasteiger partial charge in [-0.25, -0.2) is 9.97 Å². The molecule has 2 fully saturated rings. The van der Waals surface area contributed by atoms with Crippen molar-refractivity contribution in [1.82, 2.24) is 20.6 Å². The number of aromatic nitrogens is 2. The Morgan fingerprint density at radius 2 is 2.04 bits per heavy atom. The van der Waals surface area contributed by atoms with Gasteiger partial charge in [0.1, 0.15) is 0 Å². The van der Waals surface area contributed by atoms with E-state index in [0.29, 0.717) is 30.8 Å². The molecule has 27 heavy (non-hydrogen) atoms. The number of halogens is 3. The Kier molecular flexibility index (Phi) is 5.70.